The van der Waals surface area contributed by atoms with E-state index in [9.17, 15) is 18.0 Å². The molecular formula is C31H24F5N5O2. The normalized spacial score (nSPS) is 15.6. The number of ether oxygens (including phenoxy) is 1. The number of Topliss-reactive ketones (excluding diaryl/α,β-unsaturated/α-hetero) is 1. The fraction of sp³-hybridized carbons (Fsp3) is 0.258. The first-order chi connectivity index (χ1) is 20.7. The fourth-order valence-electron chi connectivity index (χ4n) is 5.25. The molecule has 3 aromatic heterocycles. The summed E-state index contributed by atoms with van der Waals surface area (Å²) < 4.78 is 77.8. The van der Waals surface area contributed by atoms with E-state index < -0.39 is 35.6 Å². The molecule has 4 heterocycles. The van der Waals surface area contributed by atoms with Gasteiger partial charge in [0.05, 0.1) is 17.6 Å². The van der Waals surface area contributed by atoms with Crippen LogP contribution < -0.4 is 0 Å². The smallest absolute Gasteiger partial charge is 0.358 e. The Balaban J connectivity index is 1.32. The van der Waals surface area contributed by atoms with Crippen LogP contribution in [0.1, 0.15) is 58.2 Å². The van der Waals surface area contributed by atoms with Crippen LogP contribution in [-0.4, -0.2) is 36.9 Å². The molecule has 0 aliphatic carbocycles. The molecule has 5 aromatic rings. The van der Waals surface area contributed by atoms with E-state index in [2.05, 4.69) is 19.9 Å². The van der Waals surface area contributed by atoms with Gasteiger partial charge in [-0.05, 0) is 55.2 Å². The van der Waals surface area contributed by atoms with E-state index in [-0.39, 0.29) is 29.3 Å². The first-order valence-electron chi connectivity index (χ1n) is 13.6. The Morgan fingerprint density at radius 1 is 1.00 bits per heavy atom. The number of aromatic nitrogens is 5. The van der Waals surface area contributed by atoms with Crippen molar-refractivity contribution in [2.24, 2.45) is 0 Å². The number of nitrogens with zero attached hydrogens (tertiary/aromatic N) is 5. The SMILES string of the molecule is O=C(Cc1ccc(F)c(Cc2ncccc2-c2ncnc3c2ncn3C2CCCCO2)c1F)c1cccc(C(F)(F)F)c1. The third kappa shape index (κ3) is 5.74. The molecule has 1 unspecified atom stereocenters. The molecule has 0 radical (unpaired) electrons. The van der Waals surface area contributed by atoms with Gasteiger partial charge in [-0.2, -0.15) is 13.2 Å². The highest BCUT2D eigenvalue weighted by Gasteiger charge is 2.31. The van der Waals surface area contributed by atoms with Gasteiger partial charge in [0.1, 0.15) is 35.4 Å². The van der Waals surface area contributed by atoms with Crippen LogP contribution in [0, 0.1) is 11.6 Å². The zero-order chi connectivity index (χ0) is 30.1. The van der Waals surface area contributed by atoms with Crippen molar-refractivity contribution < 1.29 is 31.5 Å². The summed E-state index contributed by atoms with van der Waals surface area (Å²) in [5, 5.41) is 0. The summed E-state index contributed by atoms with van der Waals surface area (Å²) in [4.78, 5) is 30.5. The van der Waals surface area contributed by atoms with E-state index in [1.807, 2.05) is 4.57 Å². The molecule has 0 N–H and O–H groups in total. The van der Waals surface area contributed by atoms with E-state index in [0.29, 0.717) is 34.7 Å². The van der Waals surface area contributed by atoms with Crippen LogP contribution in [-0.2, 0) is 23.8 Å². The Morgan fingerprint density at radius 2 is 1.86 bits per heavy atom. The molecule has 1 saturated heterocycles. The van der Waals surface area contributed by atoms with Gasteiger partial charge >= 0.3 is 6.18 Å². The van der Waals surface area contributed by atoms with Crippen molar-refractivity contribution in [3.63, 3.8) is 0 Å². The molecule has 12 heteroatoms. The average Bonchev–Trinajstić information content (AvgIpc) is 3.45. The van der Waals surface area contributed by atoms with Crippen LogP contribution in [0.4, 0.5) is 22.0 Å². The molecule has 43 heavy (non-hydrogen) atoms. The monoisotopic (exact) mass is 593 g/mol. The van der Waals surface area contributed by atoms with Crippen molar-refractivity contribution in [1.82, 2.24) is 24.5 Å². The Bertz CT molecular complexity index is 1810. The predicted octanol–water partition coefficient (Wildman–Crippen LogP) is 6.90. The molecule has 2 aromatic carbocycles. The third-order valence-corrected chi connectivity index (χ3v) is 7.44. The second-order valence-corrected chi connectivity index (χ2v) is 10.2. The molecule has 0 amide bonds. The van der Waals surface area contributed by atoms with Crippen molar-refractivity contribution in [1.29, 1.82) is 0 Å². The van der Waals surface area contributed by atoms with Gasteiger partial charge in [-0.1, -0.05) is 18.2 Å². The summed E-state index contributed by atoms with van der Waals surface area (Å²) in [5.41, 5.74) is 0.576. The summed E-state index contributed by atoms with van der Waals surface area (Å²) in [6.45, 7) is 0.636. The van der Waals surface area contributed by atoms with Crippen molar-refractivity contribution in [3.8, 4) is 11.3 Å². The molecule has 1 aliphatic heterocycles. The van der Waals surface area contributed by atoms with Crippen LogP contribution in [0.25, 0.3) is 22.4 Å². The molecular weight excluding hydrogens is 569 g/mol. The third-order valence-electron chi connectivity index (χ3n) is 7.44. The highest BCUT2D eigenvalue weighted by molar-refractivity contribution is 5.97. The molecule has 7 nitrogen and oxygen atoms in total. The molecule has 220 valence electrons. The quantitative estimate of drug-likeness (QED) is 0.151. The van der Waals surface area contributed by atoms with Gasteiger partial charge in [0, 0.05) is 42.3 Å². The average molecular weight is 594 g/mol. The minimum absolute atomic E-state index is 0.146. The number of carbonyl (C=O) groups is 1. The largest absolute Gasteiger partial charge is 0.416 e. The topological polar surface area (TPSA) is 82.8 Å². The van der Waals surface area contributed by atoms with Crippen molar-refractivity contribution in [2.75, 3.05) is 6.61 Å². The van der Waals surface area contributed by atoms with Crippen LogP contribution in [0.3, 0.4) is 0 Å². The van der Waals surface area contributed by atoms with E-state index in [4.69, 9.17) is 4.74 Å². The van der Waals surface area contributed by atoms with Gasteiger partial charge in [0.25, 0.3) is 0 Å². The summed E-state index contributed by atoms with van der Waals surface area (Å²) in [6, 6.07) is 9.44. The second-order valence-electron chi connectivity index (χ2n) is 10.2. The first-order valence-corrected chi connectivity index (χ1v) is 13.6. The second kappa shape index (κ2) is 11.6. The van der Waals surface area contributed by atoms with E-state index in [1.165, 1.54) is 18.6 Å². The highest BCUT2D eigenvalue weighted by atomic mass is 19.4. The molecule has 0 spiro atoms. The van der Waals surface area contributed by atoms with Crippen LogP contribution in [0.2, 0.25) is 0 Å². The molecule has 1 aliphatic rings. The van der Waals surface area contributed by atoms with Gasteiger partial charge in [-0.25, -0.2) is 23.7 Å². The summed E-state index contributed by atoms with van der Waals surface area (Å²) in [6.07, 6.45) is 1.64. The molecule has 6 rings (SSSR count). The van der Waals surface area contributed by atoms with Gasteiger partial charge in [0.15, 0.2) is 11.4 Å². The number of benzene rings is 2. The Labute approximate surface area is 242 Å². The van der Waals surface area contributed by atoms with E-state index in [1.54, 1.807) is 18.5 Å². The number of fused-ring (bicyclic) bond motifs is 1. The molecule has 1 fully saturated rings. The summed E-state index contributed by atoms with van der Waals surface area (Å²) in [5.74, 6) is -2.55. The number of alkyl halides is 3. The first kappa shape index (κ1) is 28.5. The number of halogens is 5. The van der Waals surface area contributed by atoms with E-state index >= 15 is 8.78 Å². The minimum atomic E-state index is -4.64. The maximum Gasteiger partial charge on any atom is 0.416 e. The maximum absolute atomic E-state index is 15.7. The van der Waals surface area contributed by atoms with Gasteiger partial charge < -0.3 is 4.74 Å². The Hall–Kier alpha value is -4.58. The van der Waals surface area contributed by atoms with Crippen molar-refractivity contribution in [3.05, 3.63) is 107 Å². The number of imidazole rings is 1. The molecule has 0 bridgehead atoms. The lowest BCUT2D eigenvalue weighted by atomic mass is 9.96. The number of carbonyl (C=O) groups excluding carboxylic acids is 1. The lowest BCUT2D eigenvalue weighted by molar-refractivity contribution is -0.137. The predicted molar refractivity (Wildman–Crippen MR) is 146 cm³/mol. The summed E-state index contributed by atoms with van der Waals surface area (Å²) >= 11 is 0. The Morgan fingerprint density at radius 3 is 2.65 bits per heavy atom. The fourth-order valence-corrected chi connectivity index (χ4v) is 5.25. The molecule has 0 saturated carbocycles. The zero-order valence-electron chi connectivity index (χ0n) is 22.6. The maximum atomic E-state index is 15.7. The van der Waals surface area contributed by atoms with Gasteiger partial charge in [0.2, 0.25) is 0 Å². The number of hydrogen-bond donors (Lipinski definition) is 0. The van der Waals surface area contributed by atoms with E-state index in [0.717, 1.165) is 49.6 Å². The van der Waals surface area contributed by atoms with Crippen LogP contribution in [0.15, 0.2) is 67.4 Å². The van der Waals surface area contributed by atoms with Crippen LogP contribution in [0.5, 0.6) is 0 Å². The number of rotatable bonds is 7. The van der Waals surface area contributed by atoms with Gasteiger partial charge in [-0.3, -0.25) is 14.3 Å². The number of ketones is 1. The zero-order valence-corrected chi connectivity index (χ0v) is 22.6. The molecule has 1 atom stereocenters. The number of hydrogen-bond acceptors (Lipinski definition) is 6. The van der Waals surface area contributed by atoms with Crippen molar-refractivity contribution in [2.45, 2.75) is 44.5 Å². The minimum Gasteiger partial charge on any atom is -0.358 e. The lowest BCUT2D eigenvalue weighted by Gasteiger charge is -2.23. The standard InChI is InChI=1S/C31H24F5N5O2/c32-23-10-9-19(14-25(42)18-5-3-6-20(13-18)31(34,35)36)27(33)22(23)15-24-21(7-4-11-37-24)28-29-30(39-16-38-28)41(17-40-29)26-8-1-2-12-43-26/h3-7,9-11,13,16-17,26H,1-2,8,12,14-15H2. The van der Waals surface area contributed by atoms with Crippen LogP contribution >= 0.6 is 0 Å². The summed E-state index contributed by atoms with van der Waals surface area (Å²) in [7, 11) is 0. The van der Waals surface area contributed by atoms with Crippen molar-refractivity contribution >= 4 is 16.9 Å². The number of pyridine rings is 1. The lowest BCUT2D eigenvalue weighted by Crippen LogP contribution is -2.17. The van der Waals surface area contributed by atoms with Gasteiger partial charge in [-0.15, -0.1) is 0 Å². The highest BCUT2D eigenvalue weighted by Crippen LogP contribution is 2.33. The Kier molecular flexibility index (Phi) is 7.70.